The van der Waals surface area contributed by atoms with Crippen LogP contribution in [0.15, 0.2) is 53.6 Å². The molecule has 1 aromatic heterocycles. The molecule has 0 unspecified atom stereocenters. The lowest BCUT2D eigenvalue weighted by Gasteiger charge is -2.33. The molecule has 2 heterocycles. The van der Waals surface area contributed by atoms with Crippen molar-refractivity contribution in [1.82, 2.24) is 9.29 Å². The Balaban J connectivity index is 1.87. The third-order valence-electron chi connectivity index (χ3n) is 4.86. The van der Waals surface area contributed by atoms with Gasteiger partial charge in [0.1, 0.15) is 0 Å². The highest BCUT2D eigenvalue weighted by Crippen LogP contribution is 2.32. The van der Waals surface area contributed by atoms with Gasteiger partial charge in [-0.2, -0.15) is 0 Å². The lowest BCUT2D eigenvalue weighted by molar-refractivity contribution is 0.434. The minimum atomic E-state index is -3.68. The zero-order valence-electron chi connectivity index (χ0n) is 14.1. The monoisotopic (exact) mass is 374 g/mol. The fourth-order valence-corrected chi connectivity index (χ4v) is 5.10. The van der Waals surface area contributed by atoms with Crippen molar-refractivity contribution < 1.29 is 8.42 Å². The maximum absolute atomic E-state index is 13.2. The summed E-state index contributed by atoms with van der Waals surface area (Å²) in [6.07, 6.45) is 1.58. The quantitative estimate of drug-likeness (QED) is 0.739. The molecule has 0 amide bonds. The number of hydrogen-bond acceptors (Lipinski definition) is 3. The molecule has 4 nitrogen and oxygen atoms in total. The maximum atomic E-state index is 13.2. The first kappa shape index (κ1) is 16.6. The Hall–Kier alpha value is -1.82. The summed E-state index contributed by atoms with van der Waals surface area (Å²) in [5, 5.41) is 4.72. The first-order valence-corrected chi connectivity index (χ1v) is 9.97. The molecular formula is C19H19ClN2O2S. The Kier molecular flexibility index (Phi) is 3.72. The van der Waals surface area contributed by atoms with Crippen LogP contribution >= 0.6 is 11.6 Å². The Morgan fingerprint density at radius 1 is 1.12 bits per heavy atom. The summed E-state index contributed by atoms with van der Waals surface area (Å²) in [5.74, 6) is 0. The molecule has 0 radical (unpaired) electrons. The third-order valence-corrected chi connectivity index (χ3v) is 6.79. The van der Waals surface area contributed by atoms with E-state index in [0.29, 0.717) is 22.0 Å². The van der Waals surface area contributed by atoms with Crippen LogP contribution in [-0.4, -0.2) is 18.9 Å². The summed E-state index contributed by atoms with van der Waals surface area (Å²) < 4.78 is 27.6. The predicted octanol–water partition coefficient (Wildman–Crippen LogP) is 3.91. The van der Waals surface area contributed by atoms with Crippen LogP contribution in [0.4, 0.5) is 0 Å². The average molecular weight is 375 g/mol. The summed E-state index contributed by atoms with van der Waals surface area (Å²) in [6, 6.07) is 12.5. The number of aromatic nitrogens is 1. The topological polar surface area (TPSA) is 51.1 Å². The van der Waals surface area contributed by atoms with Gasteiger partial charge in [0.15, 0.2) is 0 Å². The second-order valence-corrected chi connectivity index (χ2v) is 9.38. The van der Waals surface area contributed by atoms with Crippen LogP contribution in [0, 0.1) is 0 Å². The molecule has 0 atom stereocenters. The summed E-state index contributed by atoms with van der Waals surface area (Å²) in [7, 11) is -3.68. The lowest BCUT2D eigenvalue weighted by atomic mass is 9.79. The largest absolute Gasteiger partial charge is 0.312 e. The smallest absolute Gasteiger partial charge is 0.268 e. The van der Waals surface area contributed by atoms with E-state index < -0.39 is 10.0 Å². The maximum Gasteiger partial charge on any atom is 0.268 e. The highest BCUT2D eigenvalue weighted by atomic mass is 35.5. The van der Waals surface area contributed by atoms with E-state index in [-0.39, 0.29) is 5.41 Å². The summed E-state index contributed by atoms with van der Waals surface area (Å²) in [6.45, 7) is 5.88. The molecule has 6 heteroatoms. The lowest BCUT2D eigenvalue weighted by Crippen LogP contribution is -2.38. The number of nitrogens with zero attached hydrogens (tertiary/aromatic N) is 1. The molecule has 1 aliphatic heterocycles. The van der Waals surface area contributed by atoms with E-state index in [1.165, 1.54) is 9.54 Å². The molecule has 0 aliphatic carbocycles. The summed E-state index contributed by atoms with van der Waals surface area (Å²) in [5.41, 5.74) is 2.81. The van der Waals surface area contributed by atoms with E-state index in [1.807, 2.05) is 12.1 Å². The number of hydrogen-bond donors (Lipinski definition) is 1. The van der Waals surface area contributed by atoms with Crippen molar-refractivity contribution in [3.8, 4) is 0 Å². The number of fused-ring (bicyclic) bond motifs is 2. The zero-order valence-corrected chi connectivity index (χ0v) is 15.7. The second kappa shape index (κ2) is 5.59. The van der Waals surface area contributed by atoms with Crippen molar-refractivity contribution in [1.29, 1.82) is 0 Å². The molecule has 130 valence electrons. The van der Waals surface area contributed by atoms with Crippen molar-refractivity contribution in [2.24, 2.45) is 0 Å². The standard InChI is InChI=1S/C19H19ClN2O2S/c1-19(2)12-21-11-14-9-16(5-6-17(14)19)25(23,24)22-8-7-13-3-4-15(20)10-18(13)22/h3-10,21H,11-12H2,1-2H3. The van der Waals surface area contributed by atoms with Gasteiger partial charge in [-0.05, 0) is 41.5 Å². The molecule has 0 spiro atoms. The number of halogens is 1. The molecule has 0 saturated carbocycles. The Labute approximate surface area is 152 Å². The van der Waals surface area contributed by atoms with Gasteiger partial charge >= 0.3 is 0 Å². The van der Waals surface area contributed by atoms with Crippen LogP contribution in [0.25, 0.3) is 10.9 Å². The van der Waals surface area contributed by atoms with Crippen LogP contribution in [0.2, 0.25) is 5.02 Å². The van der Waals surface area contributed by atoms with E-state index in [2.05, 4.69) is 19.2 Å². The van der Waals surface area contributed by atoms with Crippen LogP contribution < -0.4 is 5.32 Å². The van der Waals surface area contributed by atoms with Gasteiger partial charge in [0.2, 0.25) is 0 Å². The number of rotatable bonds is 2. The van der Waals surface area contributed by atoms with Crippen molar-refractivity contribution in [2.45, 2.75) is 30.7 Å². The van der Waals surface area contributed by atoms with E-state index >= 15 is 0 Å². The molecule has 0 bridgehead atoms. The summed E-state index contributed by atoms with van der Waals surface area (Å²) in [4.78, 5) is 0.295. The molecule has 0 fully saturated rings. The fraction of sp³-hybridized carbons (Fsp3) is 0.263. The van der Waals surface area contributed by atoms with Crippen LogP contribution in [0.3, 0.4) is 0 Å². The Morgan fingerprint density at radius 2 is 1.92 bits per heavy atom. The number of nitrogens with one attached hydrogen (secondary N) is 1. The van der Waals surface area contributed by atoms with Crippen molar-refractivity contribution in [3.05, 3.63) is 64.8 Å². The predicted molar refractivity (Wildman–Crippen MR) is 101 cm³/mol. The van der Waals surface area contributed by atoms with E-state index in [0.717, 1.165) is 17.5 Å². The van der Waals surface area contributed by atoms with E-state index in [4.69, 9.17) is 11.6 Å². The SMILES string of the molecule is CC1(C)CNCc2cc(S(=O)(=O)n3ccc4ccc(Cl)cc43)ccc21. The molecule has 4 rings (SSSR count). The van der Waals surface area contributed by atoms with Gasteiger partial charge in [0, 0.05) is 35.1 Å². The van der Waals surface area contributed by atoms with Crippen molar-refractivity contribution >= 4 is 32.5 Å². The molecule has 1 aliphatic rings. The first-order chi connectivity index (χ1) is 11.8. The minimum absolute atomic E-state index is 0.0104. The number of benzene rings is 2. The molecular weight excluding hydrogens is 356 g/mol. The van der Waals surface area contributed by atoms with Crippen LogP contribution in [0.5, 0.6) is 0 Å². The average Bonchev–Trinajstić information content (AvgIpc) is 2.98. The highest BCUT2D eigenvalue weighted by Gasteiger charge is 2.29. The van der Waals surface area contributed by atoms with E-state index in [1.54, 1.807) is 36.5 Å². The van der Waals surface area contributed by atoms with Gasteiger partial charge < -0.3 is 5.32 Å². The van der Waals surface area contributed by atoms with E-state index in [9.17, 15) is 8.42 Å². The van der Waals surface area contributed by atoms with Gasteiger partial charge in [0.05, 0.1) is 10.4 Å². The Morgan fingerprint density at radius 3 is 2.72 bits per heavy atom. The van der Waals surface area contributed by atoms with Crippen LogP contribution in [0.1, 0.15) is 25.0 Å². The normalized spacial score (nSPS) is 16.8. The Bertz CT molecular complexity index is 1080. The van der Waals surface area contributed by atoms with Crippen LogP contribution in [-0.2, 0) is 22.0 Å². The third kappa shape index (κ3) is 2.67. The van der Waals surface area contributed by atoms with Crippen molar-refractivity contribution in [3.63, 3.8) is 0 Å². The van der Waals surface area contributed by atoms with Gasteiger partial charge in [0.25, 0.3) is 10.0 Å². The first-order valence-electron chi connectivity index (χ1n) is 8.15. The van der Waals surface area contributed by atoms with Crippen molar-refractivity contribution in [2.75, 3.05) is 6.54 Å². The molecule has 1 N–H and O–H groups in total. The molecule has 25 heavy (non-hydrogen) atoms. The minimum Gasteiger partial charge on any atom is -0.312 e. The molecule has 3 aromatic rings. The highest BCUT2D eigenvalue weighted by molar-refractivity contribution is 7.90. The summed E-state index contributed by atoms with van der Waals surface area (Å²) >= 11 is 6.05. The van der Waals surface area contributed by atoms with Gasteiger partial charge in [-0.1, -0.05) is 37.6 Å². The molecule has 2 aromatic carbocycles. The zero-order chi connectivity index (χ0) is 17.8. The van der Waals surface area contributed by atoms with Gasteiger partial charge in [-0.3, -0.25) is 0 Å². The molecule has 0 saturated heterocycles. The van der Waals surface area contributed by atoms with Gasteiger partial charge in [-0.25, -0.2) is 12.4 Å². The second-order valence-electron chi connectivity index (χ2n) is 7.13. The fourth-order valence-electron chi connectivity index (χ4n) is 3.54. The van der Waals surface area contributed by atoms with Gasteiger partial charge in [-0.15, -0.1) is 0 Å².